The predicted octanol–water partition coefficient (Wildman–Crippen LogP) is 3.35. The van der Waals surface area contributed by atoms with Crippen LogP contribution < -0.4 is 5.32 Å². The molecular formula is C16H23NO. The lowest BCUT2D eigenvalue weighted by molar-refractivity contribution is 0.0957. The van der Waals surface area contributed by atoms with Crippen LogP contribution in [0.3, 0.4) is 0 Å². The Morgan fingerprint density at radius 2 is 2.28 bits per heavy atom. The highest BCUT2D eigenvalue weighted by molar-refractivity contribution is 5.96. The molecule has 0 saturated carbocycles. The van der Waals surface area contributed by atoms with Crippen molar-refractivity contribution in [1.29, 1.82) is 0 Å². The summed E-state index contributed by atoms with van der Waals surface area (Å²) in [5.41, 5.74) is 2.01. The third kappa shape index (κ3) is 3.42. The Morgan fingerprint density at radius 1 is 1.44 bits per heavy atom. The zero-order valence-corrected chi connectivity index (χ0v) is 11.4. The molecule has 1 N–H and O–H groups in total. The molecular weight excluding hydrogens is 222 g/mol. The first kappa shape index (κ1) is 13.3. The van der Waals surface area contributed by atoms with Crippen LogP contribution in [0.4, 0.5) is 0 Å². The molecule has 1 fully saturated rings. The van der Waals surface area contributed by atoms with Crippen LogP contribution in [-0.4, -0.2) is 18.4 Å². The minimum Gasteiger partial charge on any atom is -0.314 e. The van der Waals surface area contributed by atoms with E-state index < -0.39 is 0 Å². The van der Waals surface area contributed by atoms with Crippen LogP contribution in [0.15, 0.2) is 24.3 Å². The third-order valence-electron chi connectivity index (χ3n) is 3.95. The highest BCUT2D eigenvalue weighted by atomic mass is 16.1. The molecule has 2 nitrogen and oxygen atoms in total. The number of rotatable bonds is 4. The summed E-state index contributed by atoms with van der Waals surface area (Å²) >= 11 is 0. The van der Waals surface area contributed by atoms with E-state index in [1.54, 1.807) is 0 Å². The average molecular weight is 245 g/mol. The van der Waals surface area contributed by atoms with Crippen LogP contribution in [0.1, 0.15) is 48.5 Å². The molecule has 2 atom stereocenters. The largest absolute Gasteiger partial charge is 0.314 e. The number of Topliss-reactive ketones (excluding diaryl/α,β-unsaturated/α-hetero) is 1. The van der Waals surface area contributed by atoms with E-state index in [-0.39, 0.29) is 5.78 Å². The van der Waals surface area contributed by atoms with Crippen molar-refractivity contribution >= 4 is 5.78 Å². The Morgan fingerprint density at radius 3 is 3.00 bits per heavy atom. The lowest BCUT2D eigenvalue weighted by Crippen LogP contribution is -2.39. The number of carbonyl (C=O) groups is 1. The van der Waals surface area contributed by atoms with E-state index in [9.17, 15) is 4.79 Å². The summed E-state index contributed by atoms with van der Waals surface area (Å²) in [6.07, 6.45) is 4.27. The first-order chi connectivity index (χ1) is 8.69. The molecule has 1 aliphatic rings. The van der Waals surface area contributed by atoms with Gasteiger partial charge in [-0.2, -0.15) is 0 Å². The Balaban J connectivity index is 1.95. The van der Waals surface area contributed by atoms with E-state index in [1.165, 1.54) is 12.8 Å². The van der Waals surface area contributed by atoms with Gasteiger partial charge in [0.05, 0.1) is 0 Å². The zero-order valence-electron chi connectivity index (χ0n) is 11.4. The Kier molecular flexibility index (Phi) is 4.54. The van der Waals surface area contributed by atoms with Crippen LogP contribution in [0, 0.1) is 12.8 Å². The number of nitrogens with one attached hydrogen (secondary N) is 1. The van der Waals surface area contributed by atoms with E-state index in [0.717, 1.165) is 30.0 Å². The van der Waals surface area contributed by atoms with Crippen molar-refractivity contribution in [3.8, 4) is 0 Å². The fourth-order valence-corrected chi connectivity index (χ4v) is 2.78. The number of ketones is 1. The van der Waals surface area contributed by atoms with Crippen molar-refractivity contribution in [3.63, 3.8) is 0 Å². The van der Waals surface area contributed by atoms with Crippen molar-refractivity contribution < 1.29 is 4.79 Å². The molecule has 0 amide bonds. The average Bonchev–Trinajstić information content (AvgIpc) is 2.39. The standard InChI is InChI=1S/C16H23NO/c1-3-13-7-8-17-15(10-13)11-16(18)14-6-4-5-12(2)9-14/h4-6,9,13,15,17H,3,7-8,10-11H2,1-2H3. The van der Waals surface area contributed by atoms with E-state index in [4.69, 9.17) is 0 Å². The van der Waals surface area contributed by atoms with E-state index in [0.29, 0.717) is 12.5 Å². The molecule has 18 heavy (non-hydrogen) atoms. The minimum absolute atomic E-state index is 0.271. The summed E-state index contributed by atoms with van der Waals surface area (Å²) in [5.74, 6) is 1.06. The topological polar surface area (TPSA) is 29.1 Å². The van der Waals surface area contributed by atoms with Crippen LogP contribution in [0.25, 0.3) is 0 Å². The SMILES string of the molecule is CCC1CCNC(CC(=O)c2cccc(C)c2)C1. The van der Waals surface area contributed by atoms with Crippen molar-refractivity contribution in [2.75, 3.05) is 6.54 Å². The summed E-state index contributed by atoms with van der Waals surface area (Å²) in [6.45, 7) is 5.34. The van der Waals surface area contributed by atoms with Gasteiger partial charge in [0.2, 0.25) is 0 Å². The molecule has 0 aliphatic carbocycles. The predicted molar refractivity (Wildman–Crippen MR) is 74.9 cm³/mol. The van der Waals surface area contributed by atoms with Gasteiger partial charge in [-0.25, -0.2) is 0 Å². The molecule has 0 radical (unpaired) electrons. The van der Waals surface area contributed by atoms with Gasteiger partial charge in [-0.05, 0) is 38.3 Å². The maximum absolute atomic E-state index is 12.2. The van der Waals surface area contributed by atoms with Crippen LogP contribution in [-0.2, 0) is 0 Å². The first-order valence-corrected chi connectivity index (χ1v) is 7.02. The van der Waals surface area contributed by atoms with Crippen LogP contribution in [0.5, 0.6) is 0 Å². The normalized spacial score (nSPS) is 23.9. The Labute approximate surface area is 110 Å². The maximum Gasteiger partial charge on any atom is 0.164 e. The quantitative estimate of drug-likeness (QED) is 0.824. The Bertz CT molecular complexity index is 413. The molecule has 1 aromatic carbocycles. The second-order valence-electron chi connectivity index (χ2n) is 5.45. The highest BCUT2D eigenvalue weighted by Crippen LogP contribution is 2.22. The Hall–Kier alpha value is -1.15. The number of carbonyl (C=O) groups excluding carboxylic acids is 1. The van der Waals surface area contributed by atoms with E-state index in [1.807, 2.05) is 31.2 Å². The second kappa shape index (κ2) is 6.14. The highest BCUT2D eigenvalue weighted by Gasteiger charge is 2.22. The molecule has 2 unspecified atom stereocenters. The van der Waals surface area contributed by atoms with Gasteiger partial charge in [-0.15, -0.1) is 0 Å². The number of benzene rings is 1. The van der Waals surface area contributed by atoms with Gasteiger partial charge in [0.15, 0.2) is 5.78 Å². The molecule has 2 heteroatoms. The van der Waals surface area contributed by atoms with E-state index in [2.05, 4.69) is 12.2 Å². The van der Waals surface area contributed by atoms with Gasteiger partial charge in [0, 0.05) is 18.0 Å². The second-order valence-corrected chi connectivity index (χ2v) is 5.45. The molecule has 0 aromatic heterocycles. The lowest BCUT2D eigenvalue weighted by Gasteiger charge is -2.29. The van der Waals surface area contributed by atoms with Gasteiger partial charge >= 0.3 is 0 Å². The summed E-state index contributed by atoms with van der Waals surface area (Å²) in [5, 5.41) is 3.48. The molecule has 1 heterocycles. The van der Waals surface area contributed by atoms with Crippen molar-refractivity contribution in [2.45, 2.75) is 45.6 Å². The summed E-state index contributed by atoms with van der Waals surface area (Å²) in [6, 6.07) is 8.28. The summed E-state index contributed by atoms with van der Waals surface area (Å²) < 4.78 is 0. The number of hydrogen-bond donors (Lipinski definition) is 1. The number of hydrogen-bond acceptors (Lipinski definition) is 2. The van der Waals surface area contributed by atoms with Gasteiger partial charge in [0.1, 0.15) is 0 Å². The summed E-state index contributed by atoms with van der Waals surface area (Å²) in [7, 11) is 0. The van der Waals surface area contributed by atoms with Crippen molar-refractivity contribution in [1.82, 2.24) is 5.32 Å². The van der Waals surface area contributed by atoms with Crippen molar-refractivity contribution in [3.05, 3.63) is 35.4 Å². The van der Waals surface area contributed by atoms with Gasteiger partial charge < -0.3 is 5.32 Å². The van der Waals surface area contributed by atoms with E-state index >= 15 is 0 Å². The lowest BCUT2D eigenvalue weighted by atomic mass is 9.87. The number of aryl methyl sites for hydroxylation is 1. The fourth-order valence-electron chi connectivity index (χ4n) is 2.78. The molecule has 2 rings (SSSR count). The van der Waals surface area contributed by atoms with Crippen LogP contribution in [0.2, 0.25) is 0 Å². The third-order valence-corrected chi connectivity index (χ3v) is 3.95. The van der Waals surface area contributed by atoms with Gasteiger partial charge in [0.25, 0.3) is 0 Å². The van der Waals surface area contributed by atoms with Crippen molar-refractivity contribution in [2.24, 2.45) is 5.92 Å². The molecule has 1 saturated heterocycles. The monoisotopic (exact) mass is 245 g/mol. The van der Waals surface area contributed by atoms with Crippen LogP contribution >= 0.6 is 0 Å². The molecule has 98 valence electrons. The number of piperidine rings is 1. The minimum atomic E-state index is 0.271. The van der Waals surface area contributed by atoms with Gasteiger partial charge in [-0.3, -0.25) is 4.79 Å². The maximum atomic E-state index is 12.2. The first-order valence-electron chi connectivity index (χ1n) is 7.02. The molecule has 0 spiro atoms. The molecule has 1 aromatic rings. The van der Waals surface area contributed by atoms with Gasteiger partial charge in [-0.1, -0.05) is 37.1 Å². The molecule has 0 bridgehead atoms. The molecule has 1 aliphatic heterocycles. The zero-order chi connectivity index (χ0) is 13.0. The fraction of sp³-hybridized carbons (Fsp3) is 0.562. The smallest absolute Gasteiger partial charge is 0.164 e. The summed E-state index contributed by atoms with van der Waals surface area (Å²) in [4.78, 5) is 12.2.